The minimum Gasteiger partial charge on any atom is -0.444 e. The molecule has 1 heterocycles. The highest BCUT2D eigenvalue weighted by molar-refractivity contribution is 5.86. The number of pyridine rings is 1. The molecule has 168 valence electrons. The van der Waals surface area contributed by atoms with Gasteiger partial charge in [-0.15, -0.1) is 0 Å². The molecule has 1 aromatic rings. The molecule has 2 rings (SSSR count). The monoisotopic (exact) mass is 433 g/mol. The van der Waals surface area contributed by atoms with E-state index in [2.05, 4.69) is 15.6 Å². The van der Waals surface area contributed by atoms with Crippen LogP contribution in [0.1, 0.15) is 65.1 Å². The lowest BCUT2D eigenvalue weighted by Gasteiger charge is -2.34. The zero-order chi connectivity index (χ0) is 22.7. The van der Waals surface area contributed by atoms with Crippen LogP contribution in [0.5, 0.6) is 0 Å². The van der Waals surface area contributed by atoms with Gasteiger partial charge in [0.2, 0.25) is 11.8 Å². The molecule has 0 radical (unpaired) electrons. The fourth-order valence-corrected chi connectivity index (χ4v) is 3.34. The Morgan fingerprint density at radius 2 is 1.80 bits per heavy atom. The van der Waals surface area contributed by atoms with E-state index in [0.29, 0.717) is 6.07 Å². The smallest absolute Gasteiger partial charge is 0.408 e. The van der Waals surface area contributed by atoms with Crippen LogP contribution in [-0.4, -0.2) is 34.5 Å². The topological polar surface area (TPSA) is 80.3 Å². The van der Waals surface area contributed by atoms with E-state index in [1.54, 1.807) is 20.8 Å². The number of nitrogens with zero attached hydrogens (tertiary/aromatic N) is 1. The summed E-state index contributed by atoms with van der Waals surface area (Å²) >= 11 is 0. The molecule has 1 aliphatic rings. The molecule has 2 amide bonds. The van der Waals surface area contributed by atoms with Crippen molar-refractivity contribution in [2.45, 2.75) is 77.0 Å². The summed E-state index contributed by atoms with van der Waals surface area (Å²) in [6.07, 6.45) is -0.793. The zero-order valence-corrected chi connectivity index (χ0v) is 17.4. The summed E-state index contributed by atoms with van der Waals surface area (Å²) in [4.78, 5) is 28.7. The predicted molar refractivity (Wildman–Crippen MR) is 101 cm³/mol. The number of aromatic nitrogens is 1. The van der Waals surface area contributed by atoms with E-state index in [1.807, 2.05) is 0 Å². The molecule has 1 saturated carbocycles. The van der Waals surface area contributed by atoms with Crippen LogP contribution in [0.2, 0.25) is 0 Å². The fraction of sp³-hybridized carbons (Fsp3) is 0.650. The second-order valence-corrected chi connectivity index (χ2v) is 8.57. The van der Waals surface area contributed by atoms with Crippen LogP contribution in [-0.2, 0) is 9.53 Å². The molecule has 0 unspecified atom stereocenters. The Kier molecular flexibility index (Phi) is 7.31. The lowest BCUT2D eigenvalue weighted by atomic mass is 9.81. The van der Waals surface area contributed by atoms with Crippen LogP contribution >= 0.6 is 0 Å². The Balaban J connectivity index is 2.15. The molecule has 1 aromatic heterocycles. The number of alkyl carbamates (subject to hydrolysis) is 1. The van der Waals surface area contributed by atoms with Gasteiger partial charge in [0.25, 0.3) is 0 Å². The van der Waals surface area contributed by atoms with Gasteiger partial charge < -0.3 is 15.4 Å². The van der Waals surface area contributed by atoms with E-state index in [-0.39, 0.29) is 18.5 Å². The number of hydrogen-bond acceptors (Lipinski definition) is 4. The third-order valence-corrected chi connectivity index (χ3v) is 4.79. The van der Waals surface area contributed by atoms with E-state index in [9.17, 15) is 27.2 Å². The van der Waals surface area contributed by atoms with Crippen molar-refractivity contribution in [2.75, 3.05) is 0 Å². The molecule has 2 N–H and O–H groups in total. The van der Waals surface area contributed by atoms with Crippen LogP contribution in [0.15, 0.2) is 12.3 Å². The third kappa shape index (κ3) is 6.84. The summed E-state index contributed by atoms with van der Waals surface area (Å²) in [5.74, 6) is -5.83. The molecule has 0 saturated heterocycles. The standard InChI is InChI=1S/C20H27F4N3O3/c1-11(15-14(22)9-13(21)10-25-15)26-17(28)16(27-18(29)30-19(2,3)4)12-5-7-20(23,24)8-6-12/h9-12,16H,5-8H2,1-4H3,(H,26,28)(H,27,29)/t11-,16+/m0/s1. The number of rotatable bonds is 5. The Morgan fingerprint density at radius 3 is 2.33 bits per heavy atom. The fourth-order valence-electron chi connectivity index (χ4n) is 3.34. The maximum Gasteiger partial charge on any atom is 0.408 e. The van der Waals surface area contributed by atoms with Crippen molar-refractivity contribution in [3.63, 3.8) is 0 Å². The second kappa shape index (κ2) is 9.18. The number of alkyl halides is 2. The van der Waals surface area contributed by atoms with Crippen molar-refractivity contribution in [3.8, 4) is 0 Å². The highest BCUT2D eigenvalue weighted by atomic mass is 19.3. The molecule has 1 fully saturated rings. The summed E-state index contributed by atoms with van der Waals surface area (Å²) in [6, 6.07) is -1.45. The van der Waals surface area contributed by atoms with Gasteiger partial charge in [-0.25, -0.2) is 22.4 Å². The van der Waals surface area contributed by atoms with E-state index >= 15 is 0 Å². The highest BCUT2D eigenvalue weighted by Crippen LogP contribution is 2.37. The Labute approximate surface area is 172 Å². The largest absolute Gasteiger partial charge is 0.444 e. The van der Waals surface area contributed by atoms with Gasteiger partial charge >= 0.3 is 6.09 Å². The molecule has 6 nitrogen and oxygen atoms in total. The number of nitrogens with one attached hydrogen (secondary N) is 2. The number of amides is 2. The first-order chi connectivity index (χ1) is 13.8. The van der Waals surface area contributed by atoms with Gasteiger partial charge in [0.15, 0.2) is 0 Å². The highest BCUT2D eigenvalue weighted by Gasteiger charge is 2.41. The number of halogens is 4. The van der Waals surface area contributed by atoms with Crippen LogP contribution in [0, 0.1) is 17.6 Å². The van der Waals surface area contributed by atoms with Gasteiger partial charge in [0.1, 0.15) is 23.3 Å². The SMILES string of the molecule is C[C@H](NC(=O)[C@H](NC(=O)OC(C)(C)C)C1CCC(F)(F)CC1)c1ncc(F)cc1F. The van der Waals surface area contributed by atoms with Gasteiger partial charge in [-0.05, 0) is 46.5 Å². The first-order valence-electron chi connectivity index (χ1n) is 9.76. The quantitative estimate of drug-likeness (QED) is 0.680. The summed E-state index contributed by atoms with van der Waals surface area (Å²) < 4.78 is 59.3. The summed E-state index contributed by atoms with van der Waals surface area (Å²) in [6.45, 7) is 6.39. The van der Waals surface area contributed by atoms with Crippen LogP contribution in [0.25, 0.3) is 0 Å². The first-order valence-corrected chi connectivity index (χ1v) is 9.76. The van der Waals surface area contributed by atoms with Gasteiger partial charge in [0, 0.05) is 18.9 Å². The molecule has 0 aromatic carbocycles. The van der Waals surface area contributed by atoms with Crippen molar-refractivity contribution >= 4 is 12.0 Å². The van der Waals surface area contributed by atoms with Gasteiger partial charge in [-0.1, -0.05) is 0 Å². The molecule has 1 aliphatic carbocycles. The third-order valence-electron chi connectivity index (χ3n) is 4.79. The number of hydrogen-bond donors (Lipinski definition) is 2. The number of carbonyl (C=O) groups is 2. The number of ether oxygens (including phenoxy) is 1. The predicted octanol–water partition coefficient (Wildman–Crippen LogP) is 4.26. The average Bonchev–Trinajstić information content (AvgIpc) is 2.58. The zero-order valence-electron chi connectivity index (χ0n) is 17.4. The molecule has 2 atom stereocenters. The summed E-state index contributed by atoms with van der Waals surface area (Å²) in [5.41, 5.74) is -1.00. The normalized spacial score (nSPS) is 18.9. The Hall–Kier alpha value is -2.39. The number of carbonyl (C=O) groups excluding carboxylic acids is 2. The van der Waals surface area contributed by atoms with Crippen molar-refractivity contribution in [2.24, 2.45) is 5.92 Å². The van der Waals surface area contributed by atoms with Crippen molar-refractivity contribution in [3.05, 3.63) is 29.6 Å². The van der Waals surface area contributed by atoms with E-state index in [0.717, 1.165) is 6.20 Å². The maximum atomic E-state index is 14.0. The van der Waals surface area contributed by atoms with Crippen LogP contribution < -0.4 is 10.6 Å². The molecule has 0 spiro atoms. The Bertz CT molecular complexity index is 773. The van der Waals surface area contributed by atoms with Crippen molar-refractivity contribution in [1.29, 1.82) is 0 Å². The Morgan fingerprint density at radius 1 is 1.20 bits per heavy atom. The van der Waals surface area contributed by atoms with E-state index in [4.69, 9.17) is 4.74 Å². The lowest BCUT2D eigenvalue weighted by Crippen LogP contribution is -2.53. The van der Waals surface area contributed by atoms with Gasteiger partial charge in [-0.3, -0.25) is 9.78 Å². The molecule has 0 bridgehead atoms. The van der Waals surface area contributed by atoms with Crippen molar-refractivity contribution in [1.82, 2.24) is 15.6 Å². The van der Waals surface area contributed by atoms with E-state index < -0.39 is 66.0 Å². The van der Waals surface area contributed by atoms with Gasteiger partial charge in [0.05, 0.1) is 17.9 Å². The van der Waals surface area contributed by atoms with Crippen molar-refractivity contribution < 1.29 is 31.9 Å². The van der Waals surface area contributed by atoms with E-state index in [1.165, 1.54) is 6.92 Å². The minimum atomic E-state index is -2.81. The molecule has 0 aliphatic heterocycles. The lowest BCUT2D eigenvalue weighted by molar-refractivity contribution is -0.127. The van der Waals surface area contributed by atoms with Crippen LogP contribution in [0.3, 0.4) is 0 Å². The first kappa shape index (κ1) is 23.9. The second-order valence-electron chi connectivity index (χ2n) is 8.57. The van der Waals surface area contributed by atoms with Gasteiger partial charge in [-0.2, -0.15) is 0 Å². The molecule has 30 heavy (non-hydrogen) atoms. The molecule has 10 heteroatoms. The minimum absolute atomic E-state index is 0.0262. The maximum absolute atomic E-state index is 14.0. The average molecular weight is 433 g/mol. The molecular weight excluding hydrogens is 406 g/mol. The summed E-state index contributed by atoms with van der Waals surface area (Å²) in [5, 5.41) is 4.98. The van der Waals surface area contributed by atoms with Crippen LogP contribution in [0.4, 0.5) is 22.4 Å². The summed E-state index contributed by atoms with van der Waals surface area (Å²) in [7, 11) is 0. The molecular formula is C20H27F4N3O3.